The van der Waals surface area contributed by atoms with Gasteiger partial charge in [-0.25, -0.2) is 0 Å². The Bertz CT molecular complexity index is 290. The van der Waals surface area contributed by atoms with E-state index in [1.54, 1.807) is 4.90 Å². The molecule has 3 heteroatoms. The van der Waals surface area contributed by atoms with Crippen molar-refractivity contribution in [3.8, 4) is 11.8 Å². The van der Waals surface area contributed by atoms with Crippen LogP contribution >= 0.6 is 0 Å². The molecule has 1 saturated heterocycles. The van der Waals surface area contributed by atoms with E-state index >= 15 is 0 Å². The molecule has 1 amide bonds. The van der Waals surface area contributed by atoms with E-state index in [1.807, 2.05) is 0 Å². The first-order chi connectivity index (χ1) is 7.25. The first-order valence-electron chi connectivity index (χ1n) is 5.82. The second kappa shape index (κ2) is 4.67. The number of nitrogens with zero attached hydrogens (tertiary/aromatic N) is 1. The first kappa shape index (κ1) is 10.5. The van der Waals surface area contributed by atoms with E-state index in [4.69, 9.17) is 5.73 Å². The molecule has 0 atom stereocenters. The van der Waals surface area contributed by atoms with Crippen LogP contribution in [-0.2, 0) is 4.79 Å². The molecule has 1 heterocycles. The lowest BCUT2D eigenvalue weighted by Gasteiger charge is -2.35. The molecule has 2 N–H and O–H groups in total. The minimum Gasteiger partial charge on any atom is -0.329 e. The zero-order valence-corrected chi connectivity index (χ0v) is 9.04. The highest BCUT2D eigenvalue weighted by Gasteiger charge is 2.26. The number of amides is 1. The van der Waals surface area contributed by atoms with E-state index in [9.17, 15) is 4.79 Å². The van der Waals surface area contributed by atoms with Gasteiger partial charge in [-0.1, -0.05) is 25.2 Å². The van der Waals surface area contributed by atoms with E-state index < -0.39 is 0 Å². The fourth-order valence-electron chi connectivity index (χ4n) is 2.17. The van der Waals surface area contributed by atoms with Crippen molar-refractivity contribution >= 4 is 5.91 Å². The van der Waals surface area contributed by atoms with Gasteiger partial charge in [0.25, 0.3) is 5.91 Å². The van der Waals surface area contributed by atoms with Gasteiger partial charge < -0.3 is 10.6 Å². The molecule has 1 aliphatic heterocycles. The third-order valence-corrected chi connectivity index (χ3v) is 3.19. The Labute approximate surface area is 91.0 Å². The molecule has 82 valence electrons. The molecule has 0 aromatic carbocycles. The van der Waals surface area contributed by atoms with E-state index in [0.717, 1.165) is 0 Å². The Morgan fingerprint density at radius 2 is 1.87 bits per heavy atom. The van der Waals surface area contributed by atoms with Gasteiger partial charge in [0.15, 0.2) is 0 Å². The van der Waals surface area contributed by atoms with Crippen LogP contribution in [0.5, 0.6) is 0 Å². The monoisotopic (exact) mass is 206 g/mol. The summed E-state index contributed by atoms with van der Waals surface area (Å²) in [5.41, 5.74) is 5.60. The van der Waals surface area contributed by atoms with Gasteiger partial charge in [0.1, 0.15) is 0 Å². The second-order valence-electron chi connectivity index (χ2n) is 4.57. The maximum atomic E-state index is 11.5. The zero-order chi connectivity index (χ0) is 10.7. The van der Waals surface area contributed by atoms with Crippen LogP contribution in [0.25, 0.3) is 0 Å². The Hall–Kier alpha value is -1.01. The van der Waals surface area contributed by atoms with Crippen LogP contribution < -0.4 is 5.73 Å². The average molecular weight is 206 g/mol. The maximum absolute atomic E-state index is 11.5. The summed E-state index contributed by atoms with van der Waals surface area (Å²) < 4.78 is 0. The highest BCUT2D eigenvalue weighted by Crippen LogP contribution is 2.22. The highest BCUT2D eigenvalue weighted by molar-refractivity contribution is 5.94. The average Bonchev–Trinajstić information content (AvgIpc) is 2.23. The minimum atomic E-state index is -0.0396. The summed E-state index contributed by atoms with van der Waals surface area (Å²) in [5, 5.41) is 0. The number of rotatable bonds is 0. The molecule has 0 radical (unpaired) electrons. The third kappa shape index (κ3) is 2.73. The smallest absolute Gasteiger partial charge is 0.298 e. The predicted molar refractivity (Wildman–Crippen MR) is 58.9 cm³/mol. The Morgan fingerprint density at radius 1 is 1.20 bits per heavy atom. The number of likely N-dealkylation sites (tertiary alicyclic amines) is 1. The van der Waals surface area contributed by atoms with Crippen LogP contribution in [0.1, 0.15) is 32.1 Å². The summed E-state index contributed by atoms with van der Waals surface area (Å²) in [4.78, 5) is 13.2. The number of hydrogen-bond acceptors (Lipinski definition) is 2. The van der Waals surface area contributed by atoms with E-state index in [0.29, 0.717) is 19.0 Å². The van der Waals surface area contributed by atoms with Crippen LogP contribution in [0.15, 0.2) is 0 Å². The van der Waals surface area contributed by atoms with Gasteiger partial charge in [0, 0.05) is 25.0 Å². The number of nitrogens with two attached hydrogens (primary N) is 1. The number of hydrogen-bond donors (Lipinski definition) is 1. The van der Waals surface area contributed by atoms with Crippen molar-refractivity contribution in [1.82, 2.24) is 4.90 Å². The van der Waals surface area contributed by atoms with Crippen LogP contribution in [0, 0.1) is 17.8 Å². The third-order valence-electron chi connectivity index (χ3n) is 3.19. The largest absolute Gasteiger partial charge is 0.329 e. The molecule has 2 fully saturated rings. The van der Waals surface area contributed by atoms with Gasteiger partial charge in [-0.15, -0.1) is 0 Å². The van der Waals surface area contributed by atoms with Crippen molar-refractivity contribution in [3.63, 3.8) is 0 Å². The van der Waals surface area contributed by atoms with Crippen molar-refractivity contribution in [3.05, 3.63) is 0 Å². The standard InChI is InChI=1S/C12H18N2O/c13-11-8-14(9-11)12(15)7-6-10-4-2-1-3-5-10/h10-11H,1-5,8-9,13H2. The van der Waals surface area contributed by atoms with Gasteiger partial charge in [0.2, 0.25) is 0 Å². The van der Waals surface area contributed by atoms with Gasteiger partial charge in [-0.2, -0.15) is 0 Å². The zero-order valence-electron chi connectivity index (χ0n) is 9.04. The quantitative estimate of drug-likeness (QED) is 0.594. The number of carbonyl (C=O) groups excluding carboxylic acids is 1. The lowest BCUT2D eigenvalue weighted by Crippen LogP contribution is -2.57. The molecule has 1 saturated carbocycles. The molecule has 0 aromatic heterocycles. The Balaban J connectivity index is 1.79. The van der Waals surface area contributed by atoms with Crippen LogP contribution in [-0.4, -0.2) is 29.9 Å². The molecule has 1 aliphatic carbocycles. The number of carbonyl (C=O) groups is 1. The van der Waals surface area contributed by atoms with Gasteiger partial charge >= 0.3 is 0 Å². The van der Waals surface area contributed by atoms with Crippen molar-refractivity contribution in [2.45, 2.75) is 38.1 Å². The van der Waals surface area contributed by atoms with Gasteiger partial charge in [-0.3, -0.25) is 4.79 Å². The van der Waals surface area contributed by atoms with Crippen molar-refractivity contribution in [1.29, 1.82) is 0 Å². The summed E-state index contributed by atoms with van der Waals surface area (Å²) >= 11 is 0. The van der Waals surface area contributed by atoms with E-state index in [1.165, 1.54) is 32.1 Å². The highest BCUT2D eigenvalue weighted by atomic mass is 16.2. The van der Waals surface area contributed by atoms with Gasteiger partial charge in [0.05, 0.1) is 0 Å². The molecule has 2 aliphatic rings. The minimum absolute atomic E-state index is 0.0396. The Morgan fingerprint density at radius 3 is 2.47 bits per heavy atom. The van der Waals surface area contributed by atoms with Gasteiger partial charge in [-0.05, 0) is 18.8 Å². The normalized spacial score (nSPS) is 22.9. The lowest BCUT2D eigenvalue weighted by molar-refractivity contribution is -0.129. The summed E-state index contributed by atoms with van der Waals surface area (Å²) in [6.45, 7) is 1.36. The second-order valence-corrected chi connectivity index (χ2v) is 4.57. The molecule has 0 bridgehead atoms. The predicted octanol–water partition coefficient (Wildman–Crippen LogP) is 0.740. The summed E-state index contributed by atoms with van der Waals surface area (Å²) in [7, 11) is 0. The summed E-state index contributed by atoms with van der Waals surface area (Å²) in [6, 6.07) is 0.172. The molecule has 0 unspecified atom stereocenters. The van der Waals surface area contributed by atoms with Crippen LogP contribution in [0.3, 0.4) is 0 Å². The summed E-state index contributed by atoms with van der Waals surface area (Å²) in [6.07, 6.45) is 6.19. The molecule has 2 rings (SSSR count). The first-order valence-corrected chi connectivity index (χ1v) is 5.82. The molecular formula is C12H18N2O. The van der Waals surface area contributed by atoms with Crippen molar-refractivity contribution < 1.29 is 4.79 Å². The van der Waals surface area contributed by atoms with E-state index in [2.05, 4.69) is 11.8 Å². The van der Waals surface area contributed by atoms with Crippen LogP contribution in [0.2, 0.25) is 0 Å². The topological polar surface area (TPSA) is 46.3 Å². The van der Waals surface area contributed by atoms with Crippen molar-refractivity contribution in [2.75, 3.05) is 13.1 Å². The SMILES string of the molecule is NC1CN(C(=O)C#CC2CCCCC2)C1. The Kier molecular flexibility index (Phi) is 3.27. The van der Waals surface area contributed by atoms with E-state index in [-0.39, 0.29) is 11.9 Å². The summed E-state index contributed by atoms with van der Waals surface area (Å²) in [5.74, 6) is 6.28. The van der Waals surface area contributed by atoms with Crippen LogP contribution in [0.4, 0.5) is 0 Å². The fraction of sp³-hybridized carbons (Fsp3) is 0.750. The fourth-order valence-corrected chi connectivity index (χ4v) is 2.17. The lowest BCUT2D eigenvalue weighted by atomic mass is 9.90. The molecule has 3 nitrogen and oxygen atoms in total. The maximum Gasteiger partial charge on any atom is 0.298 e. The van der Waals surface area contributed by atoms with Crippen molar-refractivity contribution in [2.24, 2.45) is 11.7 Å². The molecule has 0 spiro atoms. The molecular weight excluding hydrogens is 188 g/mol. The molecule has 0 aromatic rings. The molecule has 15 heavy (non-hydrogen) atoms.